The van der Waals surface area contributed by atoms with Crippen molar-refractivity contribution in [2.75, 3.05) is 0 Å². The van der Waals surface area contributed by atoms with Crippen molar-refractivity contribution in [3.05, 3.63) is 45.9 Å². The topological polar surface area (TPSA) is 76.3 Å². The van der Waals surface area contributed by atoms with E-state index >= 15 is 0 Å². The van der Waals surface area contributed by atoms with Crippen LogP contribution in [0.5, 0.6) is 0 Å². The van der Waals surface area contributed by atoms with Crippen LogP contribution < -0.4 is 0 Å². The van der Waals surface area contributed by atoms with Gasteiger partial charge in [-0.3, -0.25) is 15.1 Å². The van der Waals surface area contributed by atoms with E-state index in [0.29, 0.717) is 0 Å². The summed E-state index contributed by atoms with van der Waals surface area (Å²) in [5.41, 5.74) is 0.112. The molecule has 2 aromatic rings. The number of halogens is 1. The number of benzene rings is 1. The Morgan fingerprint density at radius 1 is 1.47 bits per heavy atom. The van der Waals surface area contributed by atoms with Crippen molar-refractivity contribution in [2.45, 2.75) is 25.9 Å². The molecule has 2 atom stereocenters. The SMILES string of the molecule is CC(O)C(C)c1c(F)cc([N+](=O)[O-])c2cccnc12. The lowest BCUT2D eigenvalue weighted by molar-refractivity contribution is -0.383. The lowest BCUT2D eigenvalue weighted by atomic mass is 9.92. The molecule has 0 saturated carbocycles. The zero-order chi connectivity index (χ0) is 14.2. The van der Waals surface area contributed by atoms with Gasteiger partial charge in [-0.25, -0.2) is 4.39 Å². The van der Waals surface area contributed by atoms with Crippen molar-refractivity contribution < 1.29 is 14.4 Å². The molecule has 5 nitrogen and oxygen atoms in total. The second-order valence-corrected chi connectivity index (χ2v) is 4.48. The smallest absolute Gasteiger partial charge is 0.281 e. The monoisotopic (exact) mass is 264 g/mol. The van der Waals surface area contributed by atoms with E-state index in [-0.39, 0.29) is 22.2 Å². The van der Waals surface area contributed by atoms with E-state index in [2.05, 4.69) is 4.98 Å². The highest BCUT2D eigenvalue weighted by molar-refractivity contribution is 5.90. The molecule has 0 fully saturated rings. The minimum atomic E-state index is -0.777. The highest BCUT2D eigenvalue weighted by Gasteiger charge is 2.25. The summed E-state index contributed by atoms with van der Waals surface area (Å²) >= 11 is 0. The Balaban J connectivity index is 2.83. The van der Waals surface area contributed by atoms with Crippen molar-refractivity contribution >= 4 is 16.6 Å². The van der Waals surface area contributed by atoms with Crippen molar-refractivity contribution in [1.29, 1.82) is 0 Å². The molecule has 1 aromatic heterocycles. The molecule has 19 heavy (non-hydrogen) atoms. The van der Waals surface area contributed by atoms with Crippen molar-refractivity contribution in [3.8, 4) is 0 Å². The number of aliphatic hydroxyl groups is 1. The first-order valence-corrected chi connectivity index (χ1v) is 5.83. The fourth-order valence-electron chi connectivity index (χ4n) is 2.04. The molecule has 0 aliphatic heterocycles. The third kappa shape index (κ3) is 2.26. The van der Waals surface area contributed by atoms with Crippen molar-refractivity contribution in [2.24, 2.45) is 0 Å². The standard InChI is InChI=1S/C13H13FN2O3/c1-7(8(2)17)12-10(14)6-11(16(18)19)9-4-3-5-15-13(9)12/h3-8,17H,1-2H3. The van der Waals surface area contributed by atoms with E-state index in [0.717, 1.165) is 6.07 Å². The van der Waals surface area contributed by atoms with Crippen LogP contribution in [-0.4, -0.2) is 21.1 Å². The molecule has 0 aliphatic carbocycles. The van der Waals surface area contributed by atoms with Crippen LogP contribution in [0, 0.1) is 15.9 Å². The summed E-state index contributed by atoms with van der Waals surface area (Å²) in [6, 6.07) is 3.97. The zero-order valence-electron chi connectivity index (χ0n) is 10.5. The van der Waals surface area contributed by atoms with E-state index in [1.165, 1.54) is 12.3 Å². The van der Waals surface area contributed by atoms with Crippen LogP contribution in [0.3, 0.4) is 0 Å². The van der Waals surface area contributed by atoms with Gasteiger partial charge in [0.05, 0.1) is 28.0 Å². The molecule has 100 valence electrons. The number of pyridine rings is 1. The summed E-state index contributed by atoms with van der Waals surface area (Å²) in [7, 11) is 0. The molecule has 6 heteroatoms. The van der Waals surface area contributed by atoms with E-state index in [4.69, 9.17) is 0 Å². The van der Waals surface area contributed by atoms with Crippen LogP contribution in [-0.2, 0) is 0 Å². The lowest BCUT2D eigenvalue weighted by Crippen LogP contribution is -2.14. The number of nitro groups is 1. The van der Waals surface area contributed by atoms with E-state index in [1.54, 1.807) is 19.9 Å². The quantitative estimate of drug-likeness (QED) is 0.683. The minimum Gasteiger partial charge on any atom is -0.393 e. The summed E-state index contributed by atoms with van der Waals surface area (Å²) in [6.07, 6.45) is 0.671. The maximum atomic E-state index is 14.1. The van der Waals surface area contributed by atoms with Crippen LogP contribution in [0.2, 0.25) is 0 Å². The first kappa shape index (κ1) is 13.4. The van der Waals surface area contributed by atoms with Crippen LogP contribution in [0.15, 0.2) is 24.4 Å². The Morgan fingerprint density at radius 3 is 2.74 bits per heavy atom. The molecule has 0 radical (unpaired) electrons. The summed E-state index contributed by atoms with van der Waals surface area (Å²) < 4.78 is 14.1. The molecule has 2 unspecified atom stereocenters. The Bertz CT molecular complexity index is 643. The number of hydrogen-bond donors (Lipinski definition) is 1. The molecule has 0 saturated heterocycles. The number of nitrogens with zero attached hydrogens (tertiary/aromatic N) is 2. The fourth-order valence-corrected chi connectivity index (χ4v) is 2.04. The average molecular weight is 264 g/mol. The molecule has 2 rings (SSSR count). The second-order valence-electron chi connectivity index (χ2n) is 4.48. The molecule has 0 spiro atoms. The largest absolute Gasteiger partial charge is 0.393 e. The minimum absolute atomic E-state index is 0.205. The number of rotatable bonds is 3. The number of aromatic nitrogens is 1. The van der Waals surface area contributed by atoms with Gasteiger partial charge in [0.15, 0.2) is 0 Å². The molecule has 1 aromatic carbocycles. The summed E-state index contributed by atoms with van der Waals surface area (Å²) in [5.74, 6) is -1.22. The molecule has 0 bridgehead atoms. The van der Waals surface area contributed by atoms with Gasteiger partial charge in [0.25, 0.3) is 5.69 Å². The van der Waals surface area contributed by atoms with Gasteiger partial charge in [0.1, 0.15) is 5.82 Å². The van der Waals surface area contributed by atoms with Crippen LogP contribution in [0.4, 0.5) is 10.1 Å². The molecule has 0 amide bonds. The van der Waals surface area contributed by atoms with E-state index in [1.807, 2.05) is 0 Å². The van der Waals surface area contributed by atoms with Gasteiger partial charge >= 0.3 is 0 Å². The van der Waals surface area contributed by atoms with E-state index < -0.39 is 22.8 Å². The average Bonchev–Trinajstić information content (AvgIpc) is 2.36. The number of nitro benzene ring substituents is 1. The van der Waals surface area contributed by atoms with Crippen molar-refractivity contribution in [3.63, 3.8) is 0 Å². The Morgan fingerprint density at radius 2 is 2.16 bits per heavy atom. The third-order valence-electron chi connectivity index (χ3n) is 3.24. The Labute approximate surface area is 108 Å². The number of hydrogen-bond acceptors (Lipinski definition) is 4. The predicted molar refractivity (Wildman–Crippen MR) is 68.5 cm³/mol. The van der Waals surface area contributed by atoms with Crippen molar-refractivity contribution in [1.82, 2.24) is 4.98 Å². The number of fused-ring (bicyclic) bond motifs is 1. The molecule has 1 heterocycles. The van der Waals surface area contributed by atoms with Crippen LogP contribution in [0.25, 0.3) is 10.9 Å². The maximum Gasteiger partial charge on any atom is 0.281 e. The zero-order valence-corrected chi connectivity index (χ0v) is 10.5. The lowest BCUT2D eigenvalue weighted by Gasteiger charge is -2.17. The summed E-state index contributed by atoms with van der Waals surface area (Å²) in [5, 5.41) is 20.8. The molecule has 1 N–H and O–H groups in total. The fraction of sp³-hybridized carbons (Fsp3) is 0.308. The normalized spacial score (nSPS) is 14.3. The van der Waals surface area contributed by atoms with Gasteiger partial charge in [-0.1, -0.05) is 6.92 Å². The van der Waals surface area contributed by atoms with Gasteiger partial charge < -0.3 is 5.11 Å². The van der Waals surface area contributed by atoms with Gasteiger partial charge in [-0.05, 0) is 19.1 Å². The second kappa shape index (κ2) is 4.89. The van der Waals surface area contributed by atoms with E-state index in [9.17, 15) is 19.6 Å². The van der Waals surface area contributed by atoms with Gasteiger partial charge in [-0.15, -0.1) is 0 Å². The first-order chi connectivity index (χ1) is 8.93. The molecule has 0 aliphatic rings. The Hall–Kier alpha value is -2.08. The van der Waals surface area contributed by atoms with Gasteiger partial charge in [0, 0.05) is 17.7 Å². The van der Waals surface area contributed by atoms with Crippen LogP contribution in [0.1, 0.15) is 25.3 Å². The first-order valence-electron chi connectivity index (χ1n) is 5.83. The number of non-ortho nitro benzene ring substituents is 1. The molecular formula is C13H13FN2O3. The number of aliphatic hydroxyl groups excluding tert-OH is 1. The maximum absolute atomic E-state index is 14.1. The Kier molecular flexibility index (Phi) is 3.44. The summed E-state index contributed by atoms with van der Waals surface area (Å²) in [6.45, 7) is 3.20. The third-order valence-corrected chi connectivity index (χ3v) is 3.24. The highest BCUT2D eigenvalue weighted by atomic mass is 19.1. The summed E-state index contributed by atoms with van der Waals surface area (Å²) in [4.78, 5) is 14.3. The highest BCUT2D eigenvalue weighted by Crippen LogP contribution is 2.34. The molecular weight excluding hydrogens is 251 g/mol. The van der Waals surface area contributed by atoms with Gasteiger partial charge in [-0.2, -0.15) is 0 Å². The van der Waals surface area contributed by atoms with Gasteiger partial charge in [0.2, 0.25) is 0 Å². The predicted octanol–water partition coefficient (Wildman–Crippen LogP) is 2.77. The van der Waals surface area contributed by atoms with Crippen LogP contribution >= 0.6 is 0 Å².